The number of sulfonamides is 1. The van der Waals surface area contributed by atoms with Crippen LogP contribution < -0.4 is 9.62 Å². The molecule has 0 saturated heterocycles. The normalized spacial score (nSPS) is 11.2. The zero-order valence-corrected chi connectivity index (χ0v) is 18.4. The van der Waals surface area contributed by atoms with Crippen LogP contribution >= 0.6 is 23.4 Å². The summed E-state index contributed by atoms with van der Waals surface area (Å²) in [5.41, 5.74) is 2.43. The van der Waals surface area contributed by atoms with Crippen molar-refractivity contribution < 1.29 is 13.2 Å². The highest BCUT2D eigenvalue weighted by Crippen LogP contribution is 2.26. The van der Waals surface area contributed by atoms with Gasteiger partial charge >= 0.3 is 0 Å². The Balaban J connectivity index is 1.81. The molecule has 2 rings (SSSR count). The van der Waals surface area contributed by atoms with Gasteiger partial charge in [0.2, 0.25) is 15.9 Å². The highest BCUT2D eigenvalue weighted by molar-refractivity contribution is 7.98. The van der Waals surface area contributed by atoms with E-state index in [0.717, 1.165) is 34.1 Å². The first-order valence-electron chi connectivity index (χ1n) is 8.89. The van der Waals surface area contributed by atoms with Crippen molar-refractivity contribution in [3.63, 3.8) is 0 Å². The molecule has 0 fully saturated rings. The van der Waals surface area contributed by atoms with Crippen LogP contribution in [0.25, 0.3) is 0 Å². The van der Waals surface area contributed by atoms with Gasteiger partial charge in [-0.3, -0.25) is 9.10 Å². The molecule has 0 unspecified atom stereocenters. The van der Waals surface area contributed by atoms with E-state index in [9.17, 15) is 13.2 Å². The van der Waals surface area contributed by atoms with Crippen molar-refractivity contribution >= 4 is 45.0 Å². The Morgan fingerprint density at radius 2 is 1.89 bits per heavy atom. The highest BCUT2D eigenvalue weighted by Gasteiger charge is 2.22. The van der Waals surface area contributed by atoms with Crippen LogP contribution in [0.3, 0.4) is 0 Å². The van der Waals surface area contributed by atoms with Crippen LogP contribution in [0.1, 0.15) is 17.5 Å². The SMILES string of the molecule is Cc1ccc(Cl)cc1N(CC(=O)NCCCSCc1ccccc1)S(C)(=O)=O. The molecule has 5 nitrogen and oxygen atoms in total. The smallest absolute Gasteiger partial charge is 0.240 e. The third-order valence-electron chi connectivity index (χ3n) is 4.03. The molecular formula is C20H25ClN2O3S2. The Bertz CT molecular complexity index is 890. The van der Waals surface area contributed by atoms with Gasteiger partial charge in [-0.25, -0.2) is 8.42 Å². The zero-order valence-electron chi connectivity index (χ0n) is 16.0. The molecule has 152 valence electrons. The number of nitrogens with one attached hydrogen (secondary N) is 1. The molecule has 1 N–H and O–H groups in total. The summed E-state index contributed by atoms with van der Waals surface area (Å²) in [6.45, 7) is 2.02. The molecule has 2 aromatic rings. The second-order valence-corrected chi connectivity index (χ2v) is 9.89. The van der Waals surface area contributed by atoms with Crippen LogP contribution in [-0.2, 0) is 20.6 Å². The molecular weight excluding hydrogens is 416 g/mol. The summed E-state index contributed by atoms with van der Waals surface area (Å²) in [5.74, 6) is 1.51. The Morgan fingerprint density at radius 1 is 1.18 bits per heavy atom. The Labute approximate surface area is 176 Å². The van der Waals surface area contributed by atoms with Crippen molar-refractivity contribution in [3.05, 3.63) is 64.7 Å². The summed E-state index contributed by atoms with van der Waals surface area (Å²) in [6, 6.07) is 15.2. The number of amides is 1. The number of aryl methyl sites for hydroxylation is 1. The summed E-state index contributed by atoms with van der Waals surface area (Å²) in [7, 11) is -3.61. The number of anilines is 1. The van der Waals surface area contributed by atoms with Gasteiger partial charge in [0.05, 0.1) is 11.9 Å². The second-order valence-electron chi connectivity index (χ2n) is 6.44. The van der Waals surface area contributed by atoms with E-state index in [4.69, 9.17) is 11.6 Å². The molecule has 0 heterocycles. The van der Waals surface area contributed by atoms with Gasteiger partial charge in [0.25, 0.3) is 0 Å². The van der Waals surface area contributed by atoms with Crippen LogP contribution in [0.5, 0.6) is 0 Å². The number of hydrogen-bond donors (Lipinski definition) is 1. The number of carbonyl (C=O) groups is 1. The molecule has 0 bridgehead atoms. The minimum absolute atomic E-state index is 0.267. The van der Waals surface area contributed by atoms with E-state index < -0.39 is 10.0 Å². The number of benzene rings is 2. The fourth-order valence-corrected chi connectivity index (χ4v) is 4.58. The Morgan fingerprint density at radius 3 is 2.57 bits per heavy atom. The average molecular weight is 441 g/mol. The fraction of sp³-hybridized carbons (Fsp3) is 0.350. The van der Waals surface area contributed by atoms with E-state index in [0.29, 0.717) is 17.3 Å². The molecule has 0 aliphatic carbocycles. The third kappa shape index (κ3) is 7.37. The van der Waals surface area contributed by atoms with Gasteiger partial charge in [-0.05, 0) is 42.4 Å². The lowest BCUT2D eigenvalue weighted by Gasteiger charge is -2.23. The summed E-state index contributed by atoms with van der Waals surface area (Å²) < 4.78 is 25.5. The quantitative estimate of drug-likeness (QED) is 0.570. The molecule has 0 aliphatic rings. The van der Waals surface area contributed by atoms with Crippen molar-refractivity contribution in [1.29, 1.82) is 0 Å². The minimum atomic E-state index is -3.61. The van der Waals surface area contributed by atoms with Crippen LogP contribution in [-0.4, -0.2) is 39.4 Å². The maximum atomic E-state index is 12.3. The van der Waals surface area contributed by atoms with Gasteiger partial charge in [-0.15, -0.1) is 0 Å². The van der Waals surface area contributed by atoms with E-state index >= 15 is 0 Å². The van der Waals surface area contributed by atoms with Gasteiger partial charge in [0, 0.05) is 17.3 Å². The molecule has 0 aromatic heterocycles. The summed E-state index contributed by atoms with van der Waals surface area (Å²) in [6.07, 6.45) is 1.90. The Hall–Kier alpha value is -1.70. The largest absolute Gasteiger partial charge is 0.354 e. The lowest BCUT2D eigenvalue weighted by molar-refractivity contribution is -0.119. The van der Waals surface area contributed by atoms with Crippen LogP contribution in [0.4, 0.5) is 5.69 Å². The first kappa shape index (κ1) is 22.6. The van der Waals surface area contributed by atoms with Gasteiger partial charge in [-0.2, -0.15) is 11.8 Å². The standard InChI is InChI=1S/C20H25ClN2O3S2/c1-16-9-10-18(21)13-19(16)23(28(2,25)26)14-20(24)22-11-6-12-27-15-17-7-4-3-5-8-17/h3-5,7-10,13H,6,11-12,14-15H2,1-2H3,(H,22,24). The molecule has 0 atom stereocenters. The molecule has 28 heavy (non-hydrogen) atoms. The minimum Gasteiger partial charge on any atom is -0.354 e. The van der Waals surface area contributed by atoms with Crippen molar-refractivity contribution in [2.75, 3.05) is 29.4 Å². The topological polar surface area (TPSA) is 66.5 Å². The first-order valence-corrected chi connectivity index (χ1v) is 12.3. The number of thioether (sulfide) groups is 1. The first-order chi connectivity index (χ1) is 13.3. The van der Waals surface area contributed by atoms with Crippen molar-refractivity contribution in [2.24, 2.45) is 0 Å². The zero-order chi connectivity index (χ0) is 20.6. The van der Waals surface area contributed by atoms with Crippen LogP contribution in [0.2, 0.25) is 5.02 Å². The third-order valence-corrected chi connectivity index (χ3v) is 6.50. The van der Waals surface area contributed by atoms with Crippen molar-refractivity contribution in [2.45, 2.75) is 19.1 Å². The molecule has 0 radical (unpaired) electrons. The summed E-state index contributed by atoms with van der Waals surface area (Å²) in [4.78, 5) is 12.3. The van der Waals surface area contributed by atoms with Crippen molar-refractivity contribution in [3.8, 4) is 0 Å². The van der Waals surface area contributed by atoms with Crippen LogP contribution in [0, 0.1) is 6.92 Å². The fourth-order valence-electron chi connectivity index (χ4n) is 2.58. The molecule has 0 aliphatic heterocycles. The number of rotatable bonds is 10. The lowest BCUT2D eigenvalue weighted by Crippen LogP contribution is -2.41. The number of nitrogens with zero attached hydrogens (tertiary/aromatic N) is 1. The number of hydrogen-bond acceptors (Lipinski definition) is 4. The monoisotopic (exact) mass is 440 g/mol. The molecule has 2 aromatic carbocycles. The molecule has 0 spiro atoms. The maximum Gasteiger partial charge on any atom is 0.240 e. The van der Waals surface area contributed by atoms with Crippen molar-refractivity contribution in [1.82, 2.24) is 5.32 Å². The number of halogens is 1. The summed E-state index contributed by atoms with van der Waals surface area (Å²) in [5, 5.41) is 3.22. The molecule has 0 saturated carbocycles. The van der Waals surface area contributed by atoms with E-state index in [1.54, 1.807) is 36.9 Å². The van der Waals surface area contributed by atoms with Gasteiger partial charge in [0.15, 0.2) is 0 Å². The predicted octanol–water partition coefficient (Wildman–Crippen LogP) is 3.85. The highest BCUT2D eigenvalue weighted by atomic mass is 35.5. The van der Waals surface area contributed by atoms with Gasteiger partial charge in [0.1, 0.15) is 6.54 Å². The van der Waals surface area contributed by atoms with Gasteiger partial charge < -0.3 is 5.32 Å². The second kappa shape index (κ2) is 10.7. The average Bonchev–Trinajstić information content (AvgIpc) is 2.64. The van der Waals surface area contributed by atoms with E-state index in [-0.39, 0.29) is 12.5 Å². The van der Waals surface area contributed by atoms with E-state index in [1.165, 1.54) is 5.56 Å². The number of carbonyl (C=O) groups excluding carboxylic acids is 1. The van der Waals surface area contributed by atoms with Crippen LogP contribution in [0.15, 0.2) is 48.5 Å². The Kier molecular flexibility index (Phi) is 8.66. The lowest BCUT2D eigenvalue weighted by atomic mass is 10.2. The van der Waals surface area contributed by atoms with Gasteiger partial charge in [-0.1, -0.05) is 48.0 Å². The predicted molar refractivity (Wildman–Crippen MR) is 119 cm³/mol. The summed E-state index contributed by atoms with van der Waals surface area (Å²) >= 11 is 7.80. The van der Waals surface area contributed by atoms with E-state index in [1.807, 2.05) is 18.2 Å². The molecule has 8 heteroatoms. The van der Waals surface area contributed by atoms with E-state index in [2.05, 4.69) is 17.4 Å². The maximum absolute atomic E-state index is 12.3. The molecule has 1 amide bonds.